The van der Waals surface area contributed by atoms with Gasteiger partial charge in [-0.15, -0.1) is 12.4 Å². The normalized spacial score (nSPS) is 11.1. The van der Waals surface area contributed by atoms with Crippen molar-refractivity contribution < 1.29 is 4.79 Å². The van der Waals surface area contributed by atoms with Gasteiger partial charge in [0.05, 0.1) is 0 Å². The molecule has 0 saturated heterocycles. The number of hydrogen-bond acceptors (Lipinski definition) is 4. The maximum atomic E-state index is 12.4. The van der Waals surface area contributed by atoms with Gasteiger partial charge < -0.3 is 10.6 Å². The van der Waals surface area contributed by atoms with E-state index in [1.54, 1.807) is 31.4 Å². The largest absolute Gasteiger partial charge is 0.341 e. The second-order valence-corrected chi connectivity index (χ2v) is 5.94. The molecule has 0 aliphatic carbocycles. The number of nitrogens with zero attached hydrogens (tertiary/aromatic N) is 3. The van der Waals surface area contributed by atoms with Gasteiger partial charge >= 0.3 is 0 Å². The van der Waals surface area contributed by atoms with Crippen molar-refractivity contribution in [2.24, 2.45) is 11.1 Å². The number of hydrogen-bond donors (Lipinski definition) is 1. The number of amides is 1. The van der Waals surface area contributed by atoms with Gasteiger partial charge in [0.2, 0.25) is 0 Å². The van der Waals surface area contributed by atoms with Crippen molar-refractivity contribution in [3.05, 3.63) is 46.5 Å². The van der Waals surface area contributed by atoms with E-state index < -0.39 is 0 Å². The average Bonchev–Trinajstić information content (AvgIpc) is 2.47. The van der Waals surface area contributed by atoms with Crippen LogP contribution in [-0.2, 0) is 0 Å². The van der Waals surface area contributed by atoms with Crippen molar-refractivity contribution in [1.29, 1.82) is 0 Å². The molecule has 22 heavy (non-hydrogen) atoms. The van der Waals surface area contributed by atoms with E-state index in [4.69, 9.17) is 5.73 Å². The zero-order chi connectivity index (χ0) is 15.6. The number of nitrogens with two attached hydrogens (primary N) is 1. The first kappa shape index (κ1) is 18.1. The molecule has 2 heterocycles. The van der Waals surface area contributed by atoms with Crippen molar-refractivity contribution in [3.63, 3.8) is 0 Å². The molecule has 0 fully saturated rings. The average molecular weight is 325 g/mol. The van der Waals surface area contributed by atoms with Crippen molar-refractivity contribution in [2.45, 2.75) is 13.8 Å². The number of fused-ring (bicyclic) bond motifs is 1. The number of halogens is 1. The summed E-state index contributed by atoms with van der Waals surface area (Å²) in [4.78, 5) is 30.5. The lowest BCUT2D eigenvalue weighted by molar-refractivity contribution is 0.0738. The van der Waals surface area contributed by atoms with Crippen LogP contribution in [0.2, 0.25) is 0 Å². The SMILES string of the molecule is CN(CC(C)(C)CN)C(=O)c1cnc2ccccn2c1=O.Cl. The molecule has 0 aliphatic rings. The Morgan fingerprint density at radius 1 is 1.41 bits per heavy atom. The molecule has 0 atom stereocenters. The van der Waals surface area contributed by atoms with E-state index >= 15 is 0 Å². The van der Waals surface area contributed by atoms with Crippen molar-refractivity contribution in [2.75, 3.05) is 20.1 Å². The summed E-state index contributed by atoms with van der Waals surface area (Å²) in [7, 11) is 1.67. The van der Waals surface area contributed by atoms with Crippen LogP contribution in [0.3, 0.4) is 0 Å². The highest BCUT2D eigenvalue weighted by Gasteiger charge is 2.24. The van der Waals surface area contributed by atoms with Crippen LogP contribution in [0, 0.1) is 5.41 Å². The topological polar surface area (TPSA) is 80.7 Å². The molecule has 0 bridgehead atoms. The summed E-state index contributed by atoms with van der Waals surface area (Å²) < 4.78 is 1.37. The maximum Gasteiger partial charge on any atom is 0.270 e. The van der Waals surface area contributed by atoms with Crippen LogP contribution in [0.15, 0.2) is 35.4 Å². The predicted molar refractivity (Wildman–Crippen MR) is 88.5 cm³/mol. The van der Waals surface area contributed by atoms with Gasteiger partial charge in [-0.3, -0.25) is 14.0 Å². The number of carbonyl (C=O) groups excluding carboxylic acids is 1. The van der Waals surface area contributed by atoms with Crippen LogP contribution in [-0.4, -0.2) is 40.3 Å². The van der Waals surface area contributed by atoms with Gasteiger partial charge in [0.1, 0.15) is 11.2 Å². The highest BCUT2D eigenvalue weighted by atomic mass is 35.5. The van der Waals surface area contributed by atoms with E-state index in [1.807, 2.05) is 13.8 Å². The Balaban J connectivity index is 0.00000242. The molecule has 0 aliphatic heterocycles. The van der Waals surface area contributed by atoms with Gasteiger partial charge in [0.25, 0.3) is 11.5 Å². The van der Waals surface area contributed by atoms with E-state index in [0.717, 1.165) is 0 Å². The molecule has 2 aromatic rings. The highest BCUT2D eigenvalue weighted by Crippen LogP contribution is 2.14. The van der Waals surface area contributed by atoms with Crippen LogP contribution in [0.5, 0.6) is 0 Å². The molecule has 7 heteroatoms. The fourth-order valence-corrected chi connectivity index (χ4v) is 2.16. The summed E-state index contributed by atoms with van der Waals surface area (Å²) in [6.45, 7) is 4.88. The Kier molecular flexibility index (Phi) is 5.68. The first-order chi connectivity index (χ1) is 9.85. The molecule has 2 rings (SSSR count). The molecule has 0 radical (unpaired) electrons. The van der Waals surface area contributed by atoms with Crippen molar-refractivity contribution >= 4 is 24.0 Å². The van der Waals surface area contributed by atoms with E-state index in [2.05, 4.69) is 4.98 Å². The first-order valence-corrected chi connectivity index (χ1v) is 6.78. The van der Waals surface area contributed by atoms with Crippen LogP contribution in [0.25, 0.3) is 5.65 Å². The molecule has 2 aromatic heterocycles. The van der Waals surface area contributed by atoms with Crippen LogP contribution < -0.4 is 11.3 Å². The van der Waals surface area contributed by atoms with Crippen LogP contribution in [0.4, 0.5) is 0 Å². The van der Waals surface area contributed by atoms with E-state index in [-0.39, 0.29) is 34.9 Å². The molecular formula is C15H21ClN4O2. The minimum absolute atomic E-state index is 0. The summed E-state index contributed by atoms with van der Waals surface area (Å²) in [6.07, 6.45) is 2.94. The number of rotatable bonds is 4. The van der Waals surface area contributed by atoms with E-state index in [9.17, 15) is 9.59 Å². The van der Waals surface area contributed by atoms with Gasteiger partial charge in [0, 0.05) is 26.0 Å². The lowest BCUT2D eigenvalue weighted by atomic mass is 9.93. The molecule has 1 amide bonds. The summed E-state index contributed by atoms with van der Waals surface area (Å²) in [5.41, 5.74) is 5.70. The third-order valence-electron chi connectivity index (χ3n) is 3.41. The summed E-state index contributed by atoms with van der Waals surface area (Å²) in [6, 6.07) is 5.24. The predicted octanol–water partition coefficient (Wildman–Crippen LogP) is 1.17. The standard InChI is InChI=1S/C15H20N4O2.ClH/c1-15(2,9-16)10-18(3)13(20)11-8-17-12-6-4-5-7-19(12)14(11)21;/h4-8H,9-10,16H2,1-3H3;1H. The zero-order valence-corrected chi connectivity index (χ0v) is 13.8. The monoisotopic (exact) mass is 324 g/mol. The summed E-state index contributed by atoms with van der Waals surface area (Å²) in [5.74, 6) is -0.340. The molecule has 0 unspecified atom stereocenters. The van der Waals surface area contributed by atoms with Gasteiger partial charge in [-0.25, -0.2) is 4.98 Å². The molecule has 120 valence electrons. The highest BCUT2D eigenvalue weighted by molar-refractivity contribution is 5.93. The molecule has 0 aromatic carbocycles. The fourth-order valence-electron chi connectivity index (χ4n) is 2.16. The molecule has 0 spiro atoms. The first-order valence-electron chi connectivity index (χ1n) is 6.78. The van der Waals surface area contributed by atoms with Gasteiger partial charge in [-0.05, 0) is 24.1 Å². The van der Waals surface area contributed by atoms with E-state index in [0.29, 0.717) is 18.7 Å². The Morgan fingerprint density at radius 2 is 2.09 bits per heavy atom. The number of carbonyl (C=O) groups is 1. The molecule has 0 saturated carbocycles. The van der Waals surface area contributed by atoms with Crippen molar-refractivity contribution in [1.82, 2.24) is 14.3 Å². The third kappa shape index (κ3) is 3.64. The Bertz CT molecular complexity index is 727. The van der Waals surface area contributed by atoms with Crippen molar-refractivity contribution in [3.8, 4) is 0 Å². The quantitative estimate of drug-likeness (QED) is 0.915. The second-order valence-electron chi connectivity index (χ2n) is 5.94. The lowest BCUT2D eigenvalue weighted by Gasteiger charge is -2.28. The maximum absolute atomic E-state index is 12.4. The molecule has 6 nitrogen and oxygen atoms in total. The summed E-state index contributed by atoms with van der Waals surface area (Å²) in [5, 5.41) is 0. The van der Waals surface area contributed by atoms with Gasteiger partial charge in [-0.2, -0.15) is 0 Å². The molecule has 2 N–H and O–H groups in total. The number of pyridine rings is 1. The minimum Gasteiger partial charge on any atom is -0.341 e. The third-order valence-corrected chi connectivity index (χ3v) is 3.41. The Labute approximate surface area is 135 Å². The van der Waals surface area contributed by atoms with Gasteiger partial charge in [0.15, 0.2) is 0 Å². The number of aromatic nitrogens is 2. The molecular weight excluding hydrogens is 304 g/mol. The van der Waals surface area contributed by atoms with Crippen LogP contribution >= 0.6 is 12.4 Å². The van der Waals surface area contributed by atoms with E-state index in [1.165, 1.54) is 15.5 Å². The Morgan fingerprint density at radius 3 is 2.73 bits per heavy atom. The minimum atomic E-state index is -0.358. The zero-order valence-electron chi connectivity index (χ0n) is 12.9. The smallest absolute Gasteiger partial charge is 0.270 e. The second kappa shape index (κ2) is 6.89. The summed E-state index contributed by atoms with van der Waals surface area (Å²) >= 11 is 0. The van der Waals surface area contributed by atoms with Gasteiger partial charge in [-0.1, -0.05) is 19.9 Å². The Hall–Kier alpha value is -1.92. The lowest BCUT2D eigenvalue weighted by Crippen LogP contribution is -2.41. The van der Waals surface area contributed by atoms with Crippen LogP contribution in [0.1, 0.15) is 24.2 Å². The fraction of sp³-hybridized carbons (Fsp3) is 0.400.